The lowest BCUT2D eigenvalue weighted by Gasteiger charge is -2.09. The molecule has 0 aliphatic carbocycles. The summed E-state index contributed by atoms with van der Waals surface area (Å²) in [6.07, 6.45) is 3.08. The van der Waals surface area contributed by atoms with Crippen LogP contribution in [0.3, 0.4) is 0 Å². The summed E-state index contributed by atoms with van der Waals surface area (Å²) in [4.78, 5) is 16.0. The zero-order chi connectivity index (χ0) is 20.0. The van der Waals surface area contributed by atoms with E-state index in [0.29, 0.717) is 17.0 Å². The molecule has 0 saturated carbocycles. The Balaban J connectivity index is 1.54. The molecule has 1 aromatic heterocycles. The van der Waals surface area contributed by atoms with Crippen LogP contribution in [-0.2, 0) is 17.1 Å². The maximum absolute atomic E-state index is 12.4. The van der Waals surface area contributed by atoms with Crippen molar-refractivity contribution < 1.29 is 26.0 Å². The molecule has 3 rings (SSSR count). The molecular formula is C19H15FN2O5S. The quantitative estimate of drug-likeness (QED) is 0.608. The Bertz CT molecular complexity index is 1040. The fourth-order valence-electron chi connectivity index (χ4n) is 2.26. The predicted molar refractivity (Wildman–Crippen MR) is 100 cm³/mol. The molecule has 1 amide bonds. The Morgan fingerprint density at radius 3 is 2.29 bits per heavy atom. The van der Waals surface area contributed by atoms with Gasteiger partial charge in [-0.1, -0.05) is 16.0 Å². The average molecular weight is 402 g/mol. The first kappa shape index (κ1) is 19.3. The van der Waals surface area contributed by atoms with Crippen LogP contribution >= 0.6 is 0 Å². The molecule has 3 aromatic rings. The van der Waals surface area contributed by atoms with Gasteiger partial charge in [0.25, 0.3) is 5.91 Å². The highest BCUT2D eigenvalue weighted by atomic mass is 32.3. The maximum Gasteiger partial charge on any atom is 0.488 e. The van der Waals surface area contributed by atoms with E-state index in [1.165, 1.54) is 30.5 Å². The second-order valence-electron chi connectivity index (χ2n) is 5.63. The van der Waals surface area contributed by atoms with Gasteiger partial charge in [-0.05, 0) is 54.1 Å². The van der Waals surface area contributed by atoms with Crippen LogP contribution in [0.25, 0.3) is 0 Å². The third-order valence-corrected chi connectivity index (χ3v) is 3.95. The Morgan fingerprint density at radius 2 is 1.68 bits per heavy atom. The summed E-state index contributed by atoms with van der Waals surface area (Å²) in [6.45, 7) is 0.248. The van der Waals surface area contributed by atoms with Crippen LogP contribution in [0.1, 0.15) is 15.9 Å². The summed E-state index contributed by atoms with van der Waals surface area (Å²) >= 11 is 0. The number of halogens is 1. The first-order valence-electron chi connectivity index (χ1n) is 8.06. The van der Waals surface area contributed by atoms with Crippen molar-refractivity contribution >= 4 is 22.1 Å². The molecule has 1 heterocycles. The van der Waals surface area contributed by atoms with Crippen LogP contribution in [0.15, 0.2) is 73.1 Å². The number of amides is 1. The summed E-state index contributed by atoms with van der Waals surface area (Å²) in [5.41, 5.74) is 1.94. The molecule has 1 N–H and O–H groups in total. The number of pyridine rings is 1. The van der Waals surface area contributed by atoms with E-state index < -0.39 is 10.5 Å². The van der Waals surface area contributed by atoms with Gasteiger partial charge in [-0.15, -0.1) is 0 Å². The number of aromatic nitrogens is 1. The smallest absolute Gasteiger partial charge is 0.488 e. The number of carbonyl (C=O) groups excluding carboxylic acids is 1. The van der Waals surface area contributed by atoms with Gasteiger partial charge in [-0.25, -0.2) is 0 Å². The van der Waals surface area contributed by atoms with Gasteiger partial charge in [-0.3, -0.25) is 9.78 Å². The van der Waals surface area contributed by atoms with Gasteiger partial charge in [-0.2, -0.15) is 8.42 Å². The van der Waals surface area contributed by atoms with Crippen molar-refractivity contribution in [3.05, 3.63) is 84.2 Å². The van der Waals surface area contributed by atoms with E-state index in [0.717, 1.165) is 5.56 Å². The number of nitrogens with zero attached hydrogens (tertiary/aromatic N) is 1. The van der Waals surface area contributed by atoms with Gasteiger partial charge in [0.1, 0.15) is 18.1 Å². The first-order chi connectivity index (χ1) is 13.4. The standard InChI is InChI=1S/C19H15FN2O5S/c20-28(24,25)27-18-9-7-17(8-10-18)26-13-14-3-5-16(6-4-14)22-19(23)15-2-1-11-21-12-15/h1-12H,13H2,(H,22,23). The molecule has 0 aliphatic heterocycles. The first-order valence-corrected chi connectivity index (χ1v) is 9.37. The summed E-state index contributed by atoms with van der Waals surface area (Å²) < 4.78 is 43.0. The normalized spacial score (nSPS) is 10.9. The zero-order valence-electron chi connectivity index (χ0n) is 14.4. The second-order valence-corrected chi connectivity index (χ2v) is 6.58. The highest BCUT2D eigenvalue weighted by Crippen LogP contribution is 2.20. The molecule has 7 nitrogen and oxygen atoms in total. The van der Waals surface area contributed by atoms with E-state index in [-0.39, 0.29) is 18.3 Å². The molecule has 0 unspecified atom stereocenters. The van der Waals surface area contributed by atoms with E-state index in [2.05, 4.69) is 14.5 Å². The lowest BCUT2D eigenvalue weighted by molar-refractivity contribution is 0.102. The lowest BCUT2D eigenvalue weighted by atomic mass is 10.2. The molecule has 9 heteroatoms. The van der Waals surface area contributed by atoms with E-state index in [1.54, 1.807) is 42.6 Å². The number of anilines is 1. The number of carbonyl (C=O) groups is 1. The molecule has 0 atom stereocenters. The number of hydrogen-bond donors (Lipinski definition) is 1. The zero-order valence-corrected chi connectivity index (χ0v) is 15.2. The van der Waals surface area contributed by atoms with Gasteiger partial charge in [0.2, 0.25) is 0 Å². The third-order valence-electron chi connectivity index (χ3n) is 3.56. The van der Waals surface area contributed by atoms with Crippen LogP contribution in [0.5, 0.6) is 11.5 Å². The summed E-state index contributed by atoms with van der Waals surface area (Å²) in [5.74, 6) is 0.0517. The van der Waals surface area contributed by atoms with Gasteiger partial charge in [0.05, 0.1) is 5.56 Å². The van der Waals surface area contributed by atoms with Crippen LogP contribution in [0, 0.1) is 0 Å². The van der Waals surface area contributed by atoms with Crippen molar-refractivity contribution in [1.82, 2.24) is 4.98 Å². The van der Waals surface area contributed by atoms with Crippen molar-refractivity contribution in [2.24, 2.45) is 0 Å². The highest BCUT2D eigenvalue weighted by Gasteiger charge is 2.09. The number of rotatable bonds is 7. The number of nitrogens with one attached hydrogen (secondary N) is 1. The Labute approximate surface area is 161 Å². The van der Waals surface area contributed by atoms with Gasteiger partial charge in [0.15, 0.2) is 0 Å². The van der Waals surface area contributed by atoms with Crippen LogP contribution < -0.4 is 14.2 Å². The number of hydrogen-bond acceptors (Lipinski definition) is 6. The maximum atomic E-state index is 12.4. The molecule has 0 bridgehead atoms. The molecule has 0 radical (unpaired) electrons. The van der Waals surface area contributed by atoms with E-state index in [4.69, 9.17) is 4.74 Å². The largest absolute Gasteiger partial charge is 0.489 e. The number of benzene rings is 2. The molecule has 0 spiro atoms. The molecule has 2 aromatic carbocycles. The summed E-state index contributed by atoms with van der Waals surface area (Å²) in [5, 5.41) is 2.77. The highest BCUT2D eigenvalue weighted by molar-refractivity contribution is 7.81. The molecule has 144 valence electrons. The average Bonchev–Trinajstić information content (AvgIpc) is 2.68. The van der Waals surface area contributed by atoms with Crippen molar-refractivity contribution in [3.8, 4) is 11.5 Å². The minimum Gasteiger partial charge on any atom is -0.489 e. The van der Waals surface area contributed by atoms with Crippen LogP contribution in [-0.4, -0.2) is 19.3 Å². The van der Waals surface area contributed by atoms with Crippen molar-refractivity contribution in [2.45, 2.75) is 6.61 Å². The molecule has 28 heavy (non-hydrogen) atoms. The van der Waals surface area contributed by atoms with Crippen molar-refractivity contribution in [3.63, 3.8) is 0 Å². The molecule has 0 aliphatic rings. The third kappa shape index (κ3) is 5.78. The van der Waals surface area contributed by atoms with Gasteiger partial charge < -0.3 is 14.2 Å². The molecule has 0 fully saturated rings. The Kier molecular flexibility index (Phi) is 5.85. The fourth-order valence-corrected chi connectivity index (χ4v) is 2.60. The number of ether oxygens (including phenoxy) is 1. The van der Waals surface area contributed by atoms with Crippen LogP contribution in [0.2, 0.25) is 0 Å². The minimum absolute atomic E-state index is 0.149. The van der Waals surface area contributed by atoms with Crippen molar-refractivity contribution in [1.29, 1.82) is 0 Å². The molecule has 0 saturated heterocycles. The van der Waals surface area contributed by atoms with Crippen LogP contribution in [0.4, 0.5) is 9.57 Å². The fraction of sp³-hybridized carbons (Fsp3) is 0.0526. The molecular weight excluding hydrogens is 387 g/mol. The van der Waals surface area contributed by atoms with Crippen molar-refractivity contribution in [2.75, 3.05) is 5.32 Å². The Morgan fingerprint density at radius 1 is 1.00 bits per heavy atom. The topological polar surface area (TPSA) is 94.6 Å². The predicted octanol–water partition coefficient (Wildman–Crippen LogP) is 3.51. The SMILES string of the molecule is O=C(Nc1ccc(COc2ccc(OS(=O)(=O)F)cc2)cc1)c1cccnc1. The second kappa shape index (κ2) is 8.49. The summed E-state index contributed by atoms with van der Waals surface area (Å²) in [7, 11) is -5.05. The van der Waals surface area contributed by atoms with E-state index >= 15 is 0 Å². The van der Waals surface area contributed by atoms with Gasteiger partial charge in [0, 0.05) is 18.1 Å². The van der Waals surface area contributed by atoms with E-state index in [1.807, 2.05) is 0 Å². The van der Waals surface area contributed by atoms with E-state index in [9.17, 15) is 17.1 Å². The minimum atomic E-state index is -5.05. The lowest BCUT2D eigenvalue weighted by Crippen LogP contribution is -2.11. The monoisotopic (exact) mass is 402 g/mol. The van der Waals surface area contributed by atoms with Gasteiger partial charge >= 0.3 is 10.5 Å². The summed E-state index contributed by atoms with van der Waals surface area (Å²) in [6, 6.07) is 15.9. The Hall–Kier alpha value is -3.46.